The van der Waals surface area contributed by atoms with Crippen LogP contribution >= 0.6 is 0 Å². The summed E-state index contributed by atoms with van der Waals surface area (Å²) in [5.74, 6) is -1.72. The van der Waals surface area contributed by atoms with Gasteiger partial charge in [-0.25, -0.2) is 0 Å². The fourth-order valence-electron chi connectivity index (χ4n) is 4.36. The molecule has 0 aliphatic carbocycles. The number of methoxy groups -OCH3 is 1. The van der Waals surface area contributed by atoms with Crippen LogP contribution in [0.1, 0.15) is 37.6 Å². The lowest BCUT2D eigenvalue weighted by Gasteiger charge is -2.38. The van der Waals surface area contributed by atoms with E-state index in [0.717, 1.165) is 0 Å². The predicted molar refractivity (Wildman–Crippen MR) is 95.2 cm³/mol. The van der Waals surface area contributed by atoms with Crippen molar-refractivity contribution in [2.24, 2.45) is 11.8 Å². The largest absolute Gasteiger partial charge is 0.469 e. The van der Waals surface area contributed by atoms with E-state index in [2.05, 4.69) is 0 Å². The topological polar surface area (TPSA) is 88.8 Å². The molecular formula is C19H24N2O5. The van der Waals surface area contributed by atoms with Gasteiger partial charge in [0, 0.05) is 36.7 Å². The number of hydrogen-bond donors (Lipinski definition) is 1. The van der Waals surface area contributed by atoms with Gasteiger partial charge in [0.15, 0.2) is 0 Å². The van der Waals surface area contributed by atoms with E-state index in [1.807, 2.05) is 6.92 Å². The molecule has 2 aliphatic rings. The zero-order valence-corrected chi connectivity index (χ0v) is 15.2. The molecule has 3 heterocycles. The Hall–Kier alpha value is -2.41. The van der Waals surface area contributed by atoms with Crippen molar-refractivity contribution in [3.05, 3.63) is 39.8 Å². The summed E-state index contributed by atoms with van der Waals surface area (Å²) in [6.45, 7) is 3.61. The van der Waals surface area contributed by atoms with Crippen molar-refractivity contribution in [1.82, 2.24) is 9.47 Å². The SMILES string of the molecule is C/C=C/c1ccc2n(c1=O)C[C@H]1[C@H](CO)[C@@H](C(=O)OC)[C@@H]2N1C(=O)CC. The Morgan fingerprint density at radius 1 is 1.38 bits per heavy atom. The van der Waals surface area contributed by atoms with E-state index in [1.54, 1.807) is 40.7 Å². The first-order valence-electron chi connectivity index (χ1n) is 8.86. The first-order valence-corrected chi connectivity index (χ1v) is 8.86. The third-order valence-electron chi connectivity index (χ3n) is 5.48. The first-order chi connectivity index (χ1) is 12.5. The predicted octanol–water partition coefficient (Wildman–Crippen LogP) is 0.955. The lowest BCUT2D eigenvalue weighted by Crippen LogP contribution is -2.49. The quantitative estimate of drug-likeness (QED) is 0.808. The smallest absolute Gasteiger partial charge is 0.311 e. The molecule has 0 saturated carbocycles. The number of rotatable bonds is 4. The van der Waals surface area contributed by atoms with Crippen molar-refractivity contribution in [1.29, 1.82) is 0 Å². The molecule has 1 saturated heterocycles. The molecule has 0 spiro atoms. The second-order valence-electron chi connectivity index (χ2n) is 6.69. The van der Waals surface area contributed by atoms with Gasteiger partial charge in [0.1, 0.15) is 0 Å². The monoisotopic (exact) mass is 360 g/mol. The summed E-state index contributed by atoms with van der Waals surface area (Å²) in [5.41, 5.74) is 1.02. The van der Waals surface area contributed by atoms with Crippen molar-refractivity contribution in [3.8, 4) is 0 Å². The number of aliphatic hydroxyl groups excluding tert-OH is 1. The Balaban J connectivity index is 2.21. The summed E-state index contributed by atoms with van der Waals surface area (Å²) in [6, 6.07) is 2.50. The van der Waals surface area contributed by atoms with Crippen LogP contribution in [0.25, 0.3) is 6.08 Å². The van der Waals surface area contributed by atoms with Crippen molar-refractivity contribution >= 4 is 18.0 Å². The van der Waals surface area contributed by atoms with Crippen LogP contribution in [0.15, 0.2) is 23.0 Å². The maximum absolute atomic E-state index is 12.8. The van der Waals surface area contributed by atoms with Gasteiger partial charge in [0.25, 0.3) is 5.56 Å². The number of aromatic nitrogens is 1. The molecule has 7 heteroatoms. The number of fused-ring (bicyclic) bond motifs is 4. The van der Waals surface area contributed by atoms with Crippen molar-refractivity contribution in [3.63, 3.8) is 0 Å². The van der Waals surface area contributed by atoms with E-state index in [1.165, 1.54) is 7.11 Å². The van der Waals surface area contributed by atoms with E-state index in [-0.39, 0.29) is 24.6 Å². The molecular weight excluding hydrogens is 336 g/mol. The number of aliphatic hydroxyl groups is 1. The van der Waals surface area contributed by atoms with Crippen LogP contribution in [0.4, 0.5) is 0 Å². The second-order valence-corrected chi connectivity index (χ2v) is 6.69. The minimum Gasteiger partial charge on any atom is -0.469 e. The number of carbonyl (C=O) groups excluding carboxylic acids is 2. The van der Waals surface area contributed by atoms with Crippen LogP contribution in [-0.4, -0.2) is 46.2 Å². The molecule has 2 aliphatic heterocycles. The summed E-state index contributed by atoms with van der Waals surface area (Å²) in [6.07, 6.45) is 3.82. The fourth-order valence-corrected chi connectivity index (χ4v) is 4.36. The van der Waals surface area contributed by atoms with Gasteiger partial charge in [0.2, 0.25) is 5.91 Å². The number of allylic oxidation sites excluding steroid dienone is 1. The third-order valence-corrected chi connectivity index (χ3v) is 5.48. The number of pyridine rings is 1. The molecule has 7 nitrogen and oxygen atoms in total. The Morgan fingerprint density at radius 3 is 2.69 bits per heavy atom. The minimum atomic E-state index is -0.689. The number of carbonyl (C=O) groups is 2. The lowest BCUT2D eigenvalue weighted by molar-refractivity contribution is -0.148. The van der Waals surface area contributed by atoms with Gasteiger partial charge >= 0.3 is 5.97 Å². The van der Waals surface area contributed by atoms with Crippen LogP contribution in [-0.2, 0) is 20.9 Å². The molecule has 0 aromatic carbocycles. The summed E-state index contributed by atoms with van der Waals surface area (Å²) in [5, 5.41) is 9.94. The molecule has 26 heavy (non-hydrogen) atoms. The van der Waals surface area contributed by atoms with Crippen LogP contribution in [0.5, 0.6) is 0 Å². The van der Waals surface area contributed by atoms with Gasteiger partial charge in [-0.3, -0.25) is 14.4 Å². The maximum atomic E-state index is 12.8. The molecule has 1 aromatic heterocycles. The Labute approximate surface area is 151 Å². The maximum Gasteiger partial charge on any atom is 0.311 e. The molecule has 4 atom stereocenters. The molecule has 2 bridgehead atoms. The zero-order valence-electron chi connectivity index (χ0n) is 15.2. The zero-order chi connectivity index (χ0) is 19.0. The van der Waals surface area contributed by atoms with Crippen LogP contribution < -0.4 is 5.56 Å². The molecule has 140 valence electrons. The summed E-state index contributed by atoms with van der Waals surface area (Å²) in [7, 11) is 1.30. The minimum absolute atomic E-state index is 0.0962. The van der Waals surface area contributed by atoms with Crippen LogP contribution in [0.3, 0.4) is 0 Å². The highest BCUT2D eigenvalue weighted by atomic mass is 16.5. The number of nitrogens with zero attached hydrogens (tertiary/aromatic N) is 2. The van der Waals surface area contributed by atoms with E-state index in [9.17, 15) is 19.5 Å². The van der Waals surface area contributed by atoms with Crippen molar-refractivity contribution < 1.29 is 19.4 Å². The average molecular weight is 360 g/mol. The average Bonchev–Trinajstić information content (AvgIpc) is 2.90. The molecule has 0 radical (unpaired) electrons. The van der Waals surface area contributed by atoms with Gasteiger partial charge in [-0.05, 0) is 19.1 Å². The van der Waals surface area contributed by atoms with E-state index >= 15 is 0 Å². The normalized spacial score (nSPS) is 26.8. The summed E-state index contributed by atoms with van der Waals surface area (Å²) < 4.78 is 6.59. The lowest BCUT2D eigenvalue weighted by atomic mass is 9.87. The molecule has 3 rings (SSSR count). The molecule has 1 fully saturated rings. The second kappa shape index (κ2) is 7.07. The van der Waals surface area contributed by atoms with Crippen molar-refractivity contribution in [2.45, 2.75) is 38.9 Å². The molecule has 1 N–H and O–H groups in total. The van der Waals surface area contributed by atoms with Gasteiger partial charge in [0.05, 0.1) is 25.1 Å². The van der Waals surface area contributed by atoms with Crippen molar-refractivity contribution in [2.75, 3.05) is 13.7 Å². The Kier molecular flexibility index (Phi) is 5.00. The third kappa shape index (κ3) is 2.58. The molecule has 0 unspecified atom stereocenters. The van der Waals surface area contributed by atoms with E-state index in [4.69, 9.17) is 4.74 Å². The molecule has 1 aromatic rings. The van der Waals surface area contributed by atoms with Gasteiger partial charge in [-0.2, -0.15) is 0 Å². The Bertz CT molecular complexity index is 813. The van der Waals surface area contributed by atoms with Gasteiger partial charge < -0.3 is 19.3 Å². The standard InChI is InChI=1S/C19H24N2O5/c1-4-6-11-7-8-13-17-16(19(25)26-3)12(10-22)14(9-20(13)18(11)24)21(17)15(23)5-2/h4,6-8,12,14,16-17,22H,5,9-10H2,1-3H3/b6-4+/t12-,14-,16+,17+/m0/s1. The van der Waals surface area contributed by atoms with E-state index in [0.29, 0.717) is 17.7 Å². The van der Waals surface area contributed by atoms with Gasteiger partial charge in [-0.15, -0.1) is 0 Å². The number of esters is 1. The van der Waals surface area contributed by atoms with E-state index < -0.39 is 29.9 Å². The highest BCUT2D eigenvalue weighted by Gasteiger charge is 2.57. The highest BCUT2D eigenvalue weighted by molar-refractivity contribution is 5.81. The van der Waals surface area contributed by atoms with Crippen LogP contribution in [0, 0.1) is 11.8 Å². The Morgan fingerprint density at radius 2 is 2.12 bits per heavy atom. The number of amides is 1. The number of ether oxygens (including phenoxy) is 1. The summed E-state index contributed by atoms with van der Waals surface area (Å²) >= 11 is 0. The highest BCUT2D eigenvalue weighted by Crippen LogP contribution is 2.48. The van der Waals surface area contributed by atoms with Crippen LogP contribution in [0.2, 0.25) is 0 Å². The fraction of sp³-hybridized carbons (Fsp3) is 0.526. The number of hydrogen-bond acceptors (Lipinski definition) is 5. The summed E-state index contributed by atoms with van der Waals surface area (Å²) in [4.78, 5) is 39.6. The first kappa shape index (κ1) is 18.4. The molecule has 1 amide bonds. The van der Waals surface area contributed by atoms with Gasteiger partial charge in [-0.1, -0.05) is 19.1 Å².